The van der Waals surface area contributed by atoms with E-state index < -0.39 is 28.0 Å². The number of hydrogen-bond donors (Lipinski definition) is 2. The first-order chi connectivity index (χ1) is 21.4. The van der Waals surface area contributed by atoms with Gasteiger partial charge in [-0.05, 0) is 61.0 Å². The topological polar surface area (TPSA) is 121 Å². The van der Waals surface area contributed by atoms with Crippen LogP contribution in [-0.2, 0) is 28.3 Å². The number of likely N-dealkylation sites (N-methyl/N-ethyl adjacent to an activating group) is 1. The van der Waals surface area contributed by atoms with E-state index in [1.165, 1.54) is 24.1 Å². The standard InChI is InChI=1S/C33H37FN4O6S/c1-21-17-38(22(2)20-39)33(41)28-16-25(35-32(40)15-23-18-36(3)29-8-6-5-7-27(23)29)11-14-30(28)44-31(21)19-37(4)45(42,43)26-12-9-24(34)10-13-26/h5-14,16,18,21-22,31,39H,15,17,19-20H2,1-4H3,(H,35,40)/t21-,22+,31-/m0/s1. The molecule has 1 aliphatic heterocycles. The van der Waals surface area contributed by atoms with Crippen molar-refractivity contribution in [3.8, 4) is 5.75 Å². The maximum absolute atomic E-state index is 13.8. The number of fused-ring (bicyclic) bond motifs is 2. The van der Waals surface area contributed by atoms with Gasteiger partial charge in [0.05, 0.1) is 36.1 Å². The quantitative estimate of drug-likeness (QED) is 0.286. The lowest BCUT2D eigenvalue weighted by Gasteiger charge is -2.38. The van der Waals surface area contributed by atoms with Crippen molar-refractivity contribution in [3.05, 3.63) is 89.9 Å². The van der Waals surface area contributed by atoms with Crippen molar-refractivity contribution < 1.29 is 32.2 Å². The number of aryl methyl sites for hydroxylation is 1. The molecule has 5 rings (SSSR count). The highest BCUT2D eigenvalue weighted by Crippen LogP contribution is 2.31. The first kappa shape index (κ1) is 32.1. The van der Waals surface area contributed by atoms with E-state index >= 15 is 0 Å². The van der Waals surface area contributed by atoms with E-state index in [-0.39, 0.29) is 60.1 Å². The van der Waals surface area contributed by atoms with Crippen molar-refractivity contribution in [3.63, 3.8) is 0 Å². The average Bonchev–Trinajstić information content (AvgIpc) is 3.33. The normalized spacial score (nSPS) is 17.8. The summed E-state index contributed by atoms with van der Waals surface area (Å²) in [4.78, 5) is 28.4. The highest BCUT2D eigenvalue weighted by molar-refractivity contribution is 7.89. The maximum Gasteiger partial charge on any atom is 0.258 e. The number of hydrogen-bond acceptors (Lipinski definition) is 6. The van der Waals surface area contributed by atoms with Crippen LogP contribution >= 0.6 is 0 Å². The third-order valence-electron chi connectivity index (χ3n) is 8.24. The number of carbonyl (C=O) groups is 2. The van der Waals surface area contributed by atoms with Crippen LogP contribution in [0.2, 0.25) is 0 Å². The minimum absolute atomic E-state index is 0.0557. The SMILES string of the molecule is C[C@H](CO)N1C[C@H](C)[C@H](CN(C)S(=O)(=O)c2ccc(F)cc2)Oc2ccc(NC(=O)Cc3cn(C)c4ccccc34)cc2C1=O. The largest absolute Gasteiger partial charge is 0.488 e. The number of para-hydroxylation sites is 1. The van der Waals surface area contributed by atoms with Crippen molar-refractivity contribution in [2.45, 2.75) is 37.3 Å². The van der Waals surface area contributed by atoms with E-state index in [2.05, 4.69) is 5.32 Å². The summed E-state index contributed by atoms with van der Waals surface area (Å²) in [5.74, 6) is -1.29. The van der Waals surface area contributed by atoms with Crippen LogP contribution in [0, 0.1) is 11.7 Å². The number of aromatic nitrogens is 1. The molecule has 12 heteroatoms. The van der Waals surface area contributed by atoms with Gasteiger partial charge in [-0.1, -0.05) is 25.1 Å². The highest BCUT2D eigenvalue weighted by Gasteiger charge is 2.35. The Labute approximate surface area is 262 Å². The number of carbonyl (C=O) groups excluding carboxylic acids is 2. The minimum atomic E-state index is -3.96. The third-order valence-corrected chi connectivity index (χ3v) is 10.1. The summed E-state index contributed by atoms with van der Waals surface area (Å²) in [6.07, 6.45) is 1.37. The summed E-state index contributed by atoms with van der Waals surface area (Å²) in [7, 11) is -0.620. The Morgan fingerprint density at radius 2 is 1.87 bits per heavy atom. The van der Waals surface area contributed by atoms with Crippen LogP contribution in [0.1, 0.15) is 29.8 Å². The first-order valence-corrected chi connectivity index (χ1v) is 16.1. The van der Waals surface area contributed by atoms with Gasteiger partial charge in [0.1, 0.15) is 17.7 Å². The van der Waals surface area contributed by atoms with Crippen molar-refractivity contribution in [2.75, 3.05) is 32.1 Å². The molecule has 0 radical (unpaired) electrons. The number of halogens is 1. The van der Waals surface area contributed by atoms with Crippen molar-refractivity contribution in [1.29, 1.82) is 0 Å². The van der Waals surface area contributed by atoms with Crippen LogP contribution in [0.15, 0.2) is 77.8 Å². The molecule has 1 aromatic heterocycles. The second-order valence-electron chi connectivity index (χ2n) is 11.6. The third kappa shape index (κ3) is 6.73. The predicted octanol–water partition coefficient (Wildman–Crippen LogP) is 4.04. The van der Waals surface area contributed by atoms with Crippen LogP contribution in [0.25, 0.3) is 10.9 Å². The van der Waals surface area contributed by atoms with Gasteiger partial charge in [0.2, 0.25) is 15.9 Å². The molecule has 0 spiro atoms. The van der Waals surface area contributed by atoms with E-state index in [1.54, 1.807) is 25.1 Å². The second-order valence-corrected chi connectivity index (χ2v) is 13.6. The van der Waals surface area contributed by atoms with Gasteiger partial charge in [-0.25, -0.2) is 12.8 Å². The number of aliphatic hydroxyl groups is 1. The molecule has 45 heavy (non-hydrogen) atoms. The lowest BCUT2D eigenvalue weighted by Crippen LogP contribution is -2.50. The summed E-state index contributed by atoms with van der Waals surface area (Å²) >= 11 is 0. The molecule has 0 fully saturated rings. The Hall–Kier alpha value is -4.26. The molecular weight excluding hydrogens is 599 g/mol. The fourth-order valence-corrected chi connectivity index (χ4v) is 6.78. The number of aliphatic hydroxyl groups excluding tert-OH is 1. The number of nitrogens with zero attached hydrogens (tertiary/aromatic N) is 3. The molecular formula is C33H37FN4O6S. The monoisotopic (exact) mass is 636 g/mol. The van der Waals surface area contributed by atoms with Crippen LogP contribution in [0.5, 0.6) is 5.75 Å². The molecule has 2 heterocycles. The Balaban J connectivity index is 1.41. The molecule has 238 valence electrons. The van der Waals surface area contributed by atoms with Gasteiger partial charge in [0, 0.05) is 49.3 Å². The Kier molecular flexibility index (Phi) is 9.28. The summed E-state index contributed by atoms with van der Waals surface area (Å²) in [5.41, 5.74) is 2.46. The number of rotatable bonds is 9. The molecule has 0 aliphatic carbocycles. The van der Waals surface area contributed by atoms with E-state index in [1.807, 2.05) is 49.0 Å². The van der Waals surface area contributed by atoms with Crippen LogP contribution in [-0.4, -0.2) is 78.0 Å². The zero-order chi connectivity index (χ0) is 32.5. The van der Waals surface area contributed by atoms with Crippen LogP contribution in [0.3, 0.4) is 0 Å². The molecule has 0 saturated heterocycles. The smallest absolute Gasteiger partial charge is 0.258 e. The fraction of sp³-hybridized carbons (Fsp3) is 0.333. The molecule has 1 aliphatic rings. The summed E-state index contributed by atoms with van der Waals surface area (Å²) in [6.45, 7) is 3.43. The van der Waals surface area contributed by atoms with Crippen molar-refractivity contribution >= 4 is 38.4 Å². The number of nitrogens with one attached hydrogen (secondary N) is 1. The van der Waals surface area contributed by atoms with E-state index in [4.69, 9.17) is 4.74 Å². The van der Waals surface area contributed by atoms with Crippen molar-refractivity contribution in [1.82, 2.24) is 13.8 Å². The van der Waals surface area contributed by atoms with Gasteiger partial charge in [-0.3, -0.25) is 9.59 Å². The Morgan fingerprint density at radius 3 is 2.58 bits per heavy atom. The zero-order valence-electron chi connectivity index (χ0n) is 25.6. The maximum atomic E-state index is 13.8. The average molecular weight is 637 g/mol. The van der Waals surface area contributed by atoms with Gasteiger partial charge < -0.3 is 24.6 Å². The highest BCUT2D eigenvalue weighted by atomic mass is 32.2. The van der Waals surface area contributed by atoms with Crippen molar-refractivity contribution in [2.24, 2.45) is 13.0 Å². The first-order valence-electron chi connectivity index (χ1n) is 14.7. The number of benzene rings is 3. The van der Waals surface area contributed by atoms with Gasteiger partial charge in [-0.2, -0.15) is 4.31 Å². The lowest BCUT2D eigenvalue weighted by atomic mass is 9.99. The molecule has 3 atom stereocenters. The summed E-state index contributed by atoms with van der Waals surface area (Å²) < 4.78 is 49.4. The molecule has 0 bridgehead atoms. The molecule has 0 saturated carbocycles. The molecule has 10 nitrogen and oxygen atoms in total. The number of sulfonamides is 1. The fourth-order valence-electron chi connectivity index (χ4n) is 5.60. The lowest BCUT2D eigenvalue weighted by molar-refractivity contribution is -0.115. The zero-order valence-corrected chi connectivity index (χ0v) is 26.4. The summed E-state index contributed by atoms with van der Waals surface area (Å²) in [5, 5.41) is 13.8. The van der Waals surface area contributed by atoms with Gasteiger partial charge in [-0.15, -0.1) is 0 Å². The number of anilines is 1. The Bertz CT molecular complexity index is 1820. The molecule has 3 aromatic carbocycles. The minimum Gasteiger partial charge on any atom is -0.488 e. The summed E-state index contributed by atoms with van der Waals surface area (Å²) in [6, 6.07) is 16.6. The Morgan fingerprint density at radius 1 is 1.16 bits per heavy atom. The molecule has 4 aromatic rings. The molecule has 0 unspecified atom stereocenters. The number of amides is 2. The molecule has 2 amide bonds. The molecule has 2 N–H and O–H groups in total. The van der Waals surface area contributed by atoms with Gasteiger partial charge >= 0.3 is 0 Å². The van der Waals surface area contributed by atoms with Gasteiger partial charge in [0.25, 0.3) is 5.91 Å². The predicted molar refractivity (Wildman–Crippen MR) is 169 cm³/mol. The second kappa shape index (κ2) is 13.0. The van der Waals surface area contributed by atoms with Gasteiger partial charge in [0.15, 0.2) is 0 Å². The van der Waals surface area contributed by atoms with Crippen LogP contribution in [0.4, 0.5) is 10.1 Å². The van der Waals surface area contributed by atoms with E-state index in [0.717, 1.165) is 32.9 Å². The van der Waals surface area contributed by atoms with E-state index in [0.29, 0.717) is 5.69 Å². The van der Waals surface area contributed by atoms with Crippen LogP contribution < -0.4 is 10.1 Å². The number of ether oxygens (including phenoxy) is 1. The van der Waals surface area contributed by atoms with E-state index in [9.17, 15) is 27.5 Å².